The molecule has 5 heteroatoms. The number of thioether (sulfide) groups is 1. The predicted octanol–water partition coefficient (Wildman–Crippen LogP) is 5.53. The Balaban J connectivity index is 1.96. The Labute approximate surface area is 156 Å². The van der Waals surface area contributed by atoms with Crippen molar-refractivity contribution < 1.29 is 9.53 Å². The van der Waals surface area contributed by atoms with E-state index in [4.69, 9.17) is 16.3 Å². The van der Waals surface area contributed by atoms with Crippen molar-refractivity contribution in [1.29, 1.82) is 0 Å². The van der Waals surface area contributed by atoms with Gasteiger partial charge >= 0.3 is 5.97 Å². The highest BCUT2D eigenvalue weighted by atomic mass is 35.5. The van der Waals surface area contributed by atoms with Crippen molar-refractivity contribution in [1.82, 2.24) is 4.57 Å². The lowest BCUT2D eigenvalue weighted by Gasteiger charge is -2.18. The molecule has 0 aliphatic carbocycles. The number of rotatable bonds is 6. The minimum absolute atomic E-state index is 0.253. The van der Waals surface area contributed by atoms with Crippen LogP contribution in [0.5, 0.6) is 0 Å². The van der Waals surface area contributed by atoms with Gasteiger partial charge in [0.1, 0.15) is 5.25 Å². The third kappa shape index (κ3) is 4.27. The van der Waals surface area contributed by atoms with Gasteiger partial charge in [0.25, 0.3) is 0 Å². The van der Waals surface area contributed by atoms with E-state index in [1.54, 1.807) is 12.1 Å². The van der Waals surface area contributed by atoms with Crippen molar-refractivity contribution in [2.24, 2.45) is 0 Å². The molecule has 0 amide bonds. The van der Waals surface area contributed by atoms with E-state index in [1.807, 2.05) is 72.4 Å². The number of benzene rings is 2. The first-order valence-corrected chi connectivity index (χ1v) is 9.26. The van der Waals surface area contributed by atoms with Crippen LogP contribution in [0.4, 0.5) is 0 Å². The minimum atomic E-state index is -0.450. The first kappa shape index (κ1) is 17.6. The molecule has 0 fully saturated rings. The minimum Gasteiger partial charge on any atom is -0.465 e. The molecule has 1 aromatic heterocycles. The molecular weight excluding hydrogens is 354 g/mol. The van der Waals surface area contributed by atoms with Gasteiger partial charge in [0.2, 0.25) is 0 Å². The normalized spacial score (nSPS) is 11.9. The van der Waals surface area contributed by atoms with Crippen LogP contribution in [0, 0.1) is 0 Å². The van der Waals surface area contributed by atoms with Crippen LogP contribution in [-0.4, -0.2) is 17.1 Å². The second kappa shape index (κ2) is 8.28. The number of carbonyl (C=O) groups excluding carboxylic acids is 1. The molecule has 0 bridgehead atoms. The highest BCUT2D eigenvalue weighted by Gasteiger charge is 2.24. The van der Waals surface area contributed by atoms with E-state index < -0.39 is 5.25 Å². The van der Waals surface area contributed by atoms with Crippen LogP contribution in [0.15, 0.2) is 78.0 Å². The molecule has 0 aliphatic rings. The van der Waals surface area contributed by atoms with Gasteiger partial charge < -0.3 is 9.30 Å². The zero-order valence-electron chi connectivity index (χ0n) is 13.8. The average Bonchev–Trinajstić information content (AvgIpc) is 3.15. The molecule has 0 radical (unpaired) electrons. The Morgan fingerprint density at radius 2 is 1.76 bits per heavy atom. The summed E-state index contributed by atoms with van der Waals surface area (Å²) in [5.41, 5.74) is 1.90. The van der Waals surface area contributed by atoms with Crippen LogP contribution in [-0.2, 0) is 9.53 Å². The van der Waals surface area contributed by atoms with Crippen molar-refractivity contribution >= 4 is 29.3 Å². The molecule has 0 saturated heterocycles. The van der Waals surface area contributed by atoms with Crippen LogP contribution < -0.4 is 0 Å². The fraction of sp³-hybridized carbons (Fsp3) is 0.150. The molecule has 1 heterocycles. The summed E-state index contributed by atoms with van der Waals surface area (Å²) in [6, 6.07) is 19.3. The smallest absolute Gasteiger partial charge is 0.323 e. The van der Waals surface area contributed by atoms with Gasteiger partial charge in [-0.1, -0.05) is 35.9 Å². The summed E-state index contributed by atoms with van der Waals surface area (Å²) < 4.78 is 7.33. The van der Waals surface area contributed by atoms with Gasteiger partial charge in [0.15, 0.2) is 0 Å². The molecule has 3 nitrogen and oxygen atoms in total. The maximum atomic E-state index is 12.5. The van der Waals surface area contributed by atoms with E-state index in [0.29, 0.717) is 11.6 Å². The summed E-state index contributed by atoms with van der Waals surface area (Å²) in [6.07, 6.45) is 3.97. The molecular formula is C20H18ClNO2S. The summed E-state index contributed by atoms with van der Waals surface area (Å²) >= 11 is 7.47. The summed E-state index contributed by atoms with van der Waals surface area (Å²) in [7, 11) is 0. The van der Waals surface area contributed by atoms with E-state index >= 15 is 0 Å². The molecule has 128 valence electrons. The number of halogens is 1. The first-order chi connectivity index (χ1) is 12.2. The molecule has 3 rings (SSSR count). The Morgan fingerprint density at radius 3 is 2.44 bits per heavy atom. The number of aromatic nitrogens is 1. The van der Waals surface area contributed by atoms with E-state index in [2.05, 4.69) is 0 Å². The second-order valence-corrected chi connectivity index (χ2v) is 6.94. The number of esters is 1. The van der Waals surface area contributed by atoms with Gasteiger partial charge in [0.05, 0.1) is 12.3 Å². The van der Waals surface area contributed by atoms with Crippen LogP contribution in [0.1, 0.15) is 17.7 Å². The van der Waals surface area contributed by atoms with Crippen LogP contribution >= 0.6 is 23.4 Å². The number of hydrogen-bond acceptors (Lipinski definition) is 3. The lowest BCUT2D eigenvalue weighted by molar-refractivity contribution is -0.142. The van der Waals surface area contributed by atoms with Crippen molar-refractivity contribution in [3.05, 3.63) is 83.6 Å². The predicted molar refractivity (Wildman–Crippen MR) is 102 cm³/mol. The van der Waals surface area contributed by atoms with Gasteiger partial charge in [-0.3, -0.25) is 4.79 Å². The maximum absolute atomic E-state index is 12.5. The summed E-state index contributed by atoms with van der Waals surface area (Å²) in [5, 5.41) is 0.193. The van der Waals surface area contributed by atoms with Gasteiger partial charge in [-0.25, -0.2) is 0 Å². The Morgan fingerprint density at radius 1 is 1.08 bits per heavy atom. The van der Waals surface area contributed by atoms with E-state index in [9.17, 15) is 4.79 Å². The average molecular weight is 372 g/mol. The quantitative estimate of drug-likeness (QED) is 0.422. The van der Waals surface area contributed by atoms with Gasteiger partial charge in [-0.2, -0.15) is 0 Å². The number of nitrogens with zero attached hydrogens (tertiary/aromatic N) is 1. The van der Waals surface area contributed by atoms with Crippen LogP contribution in [0.3, 0.4) is 0 Å². The fourth-order valence-corrected chi connectivity index (χ4v) is 3.79. The summed E-state index contributed by atoms with van der Waals surface area (Å²) in [6.45, 7) is 2.16. The molecule has 25 heavy (non-hydrogen) atoms. The van der Waals surface area contributed by atoms with E-state index in [0.717, 1.165) is 16.1 Å². The maximum Gasteiger partial charge on any atom is 0.323 e. The van der Waals surface area contributed by atoms with E-state index in [1.165, 1.54) is 11.8 Å². The topological polar surface area (TPSA) is 31.2 Å². The zero-order chi connectivity index (χ0) is 17.6. The molecule has 0 unspecified atom stereocenters. The number of carbonyl (C=O) groups is 1. The third-order valence-electron chi connectivity index (χ3n) is 3.67. The van der Waals surface area contributed by atoms with Crippen molar-refractivity contribution in [2.75, 3.05) is 6.61 Å². The van der Waals surface area contributed by atoms with Crippen molar-refractivity contribution in [3.63, 3.8) is 0 Å². The Kier molecular flexibility index (Phi) is 5.84. The van der Waals surface area contributed by atoms with Gasteiger partial charge in [-0.15, -0.1) is 11.8 Å². The third-order valence-corrected chi connectivity index (χ3v) is 5.22. The first-order valence-electron chi connectivity index (χ1n) is 8.00. The molecule has 0 saturated carbocycles. The summed E-state index contributed by atoms with van der Waals surface area (Å²) in [5.74, 6) is -0.253. The number of ether oxygens (including phenoxy) is 1. The number of hydrogen-bond donors (Lipinski definition) is 0. The van der Waals surface area contributed by atoms with E-state index in [-0.39, 0.29) is 5.97 Å². The lowest BCUT2D eigenvalue weighted by Crippen LogP contribution is -2.13. The van der Waals surface area contributed by atoms with Crippen LogP contribution in [0.2, 0.25) is 5.02 Å². The molecule has 0 N–H and O–H groups in total. The van der Waals surface area contributed by atoms with Gasteiger partial charge in [-0.05, 0) is 48.9 Å². The highest BCUT2D eigenvalue weighted by molar-refractivity contribution is 8.00. The Bertz CT molecular complexity index is 831. The molecule has 0 spiro atoms. The lowest BCUT2D eigenvalue weighted by atomic mass is 10.1. The SMILES string of the molecule is CCOC(=O)[C@H](Sc1ccccc1-n1cccc1)c1ccc(Cl)cc1. The number of para-hydroxylation sites is 1. The van der Waals surface area contributed by atoms with Gasteiger partial charge in [0, 0.05) is 22.3 Å². The summed E-state index contributed by atoms with van der Waals surface area (Å²) in [4.78, 5) is 13.6. The molecule has 0 aliphatic heterocycles. The van der Waals surface area contributed by atoms with Crippen molar-refractivity contribution in [2.45, 2.75) is 17.1 Å². The zero-order valence-corrected chi connectivity index (χ0v) is 15.3. The van der Waals surface area contributed by atoms with Crippen molar-refractivity contribution in [3.8, 4) is 5.69 Å². The van der Waals surface area contributed by atoms with Crippen LogP contribution in [0.25, 0.3) is 5.69 Å². The standard InChI is InChI=1S/C20H18ClNO2S/c1-2-24-20(23)19(15-9-11-16(21)12-10-15)25-18-8-4-3-7-17(18)22-13-5-6-14-22/h3-14,19H,2H2,1H3/t19-/m1/s1. The largest absolute Gasteiger partial charge is 0.465 e. The molecule has 2 aromatic carbocycles. The highest BCUT2D eigenvalue weighted by Crippen LogP contribution is 2.39. The monoisotopic (exact) mass is 371 g/mol. The fourth-order valence-electron chi connectivity index (χ4n) is 2.50. The second-order valence-electron chi connectivity index (χ2n) is 5.36. The molecule has 1 atom stereocenters. The molecule has 3 aromatic rings. The Hall–Kier alpha value is -2.17.